The number of alkyl halides is 3. The van der Waals surface area contributed by atoms with Crippen LogP contribution in [0.1, 0.15) is 19.3 Å². The molecule has 102 valence electrons. The summed E-state index contributed by atoms with van der Waals surface area (Å²) in [6, 6.07) is 0.190. The molecule has 0 aromatic heterocycles. The van der Waals surface area contributed by atoms with Crippen LogP contribution in [0.25, 0.3) is 0 Å². The molecule has 1 fully saturated rings. The number of halogens is 4. The lowest BCUT2D eigenvalue weighted by Crippen LogP contribution is -2.33. The number of rotatable bonds is 5. The third-order valence-corrected chi connectivity index (χ3v) is 3.02. The maximum absolute atomic E-state index is 11.7. The lowest BCUT2D eigenvalue weighted by atomic mass is 10.1. The second-order valence-electron chi connectivity index (χ2n) is 3.64. The molecule has 0 saturated carbocycles. The topological polar surface area (TPSA) is 41.1 Å². The Labute approximate surface area is 109 Å². The van der Waals surface area contributed by atoms with Crippen LogP contribution >= 0.6 is 24.2 Å². The highest BCUT2D eigenvalue weighted by Gasteiger charge is 2.27. The Bertz CT molecular complexity index is 235. The number of carbonyl (C=O) groups excluding carboxylic acids is 1. The van der Waals surface area contributed by atoms with Crippen LogP contribution in [0.4, 0.5) is 13.2 Å². The van der Waals surface area contributed by atoms with Gasteiger partial charge in [0.25, 0.3) is 0 Å². The van der Waals surface area contributed by atoms with Crippen molar-refractivity contribution in [3.8, 4) is 0 Å². The summed E-state index contributed by atoms with van der Waals surface area (Å²) < 4.78 is 35.2. The zero-order chi connectivity index (χ0) is 12.0. The van der Waals surface area contributed by atoms with Crippen molar-refractivity contribution in [2.45, 2.75) is 30.8 Å². The molecule has 1 atom stereocenters. The number of nitrogens with one attached hydrogen (secondary N) is 2. The maximum atomic E-state index is 11.7. The molecule has 1 amide bonds. The first-order valence-corrected chi connectivity index (χ1v) is 6.17. The Hall–Kier alpha value is -0.140. The smallest absolute Gasteiger partial charge is 0.355 e. The molecule has 0 radical (unpaired) electrons. The molecule has 0 bridgehead atoms. The van der Waals surface area contributed by atoms with Gasteiger partial charge in [0.05, 0.1) is 0 Å². The van der Waals surface area contributed by atoms with Gasteiger partial charge in [0, 0.05) is 24.8 Å². The normalized spacial score (nSPS) is 19.8. The Morgan fingerprint density at radius 2 is 2.18 bits per heavy atom. The van der Waals surface area contributed by atoms with Crippen molar-refractivity contribution in [1.82, 2.24) is 10.6 Å². The summed E-state index contributed by atoms with van der Waals surface area (Å²) in [5.74, 6) is -0.310. The van der Waals surface area contributed by atoms with Gasteiger partial charge in [0.2, 0.25) is 5.91 Å². The molecule has 1 aliphatic heterocycles. The average Bonchev–Trinajstić information content (AvgIpc) is 2.63. The van der Waals surface area contributed by atoms with E-state index in [-0.39, 0.29) is 48.4 Å². The molecule has 0 aliphatic carbocycles. The first kappa shape index (κ1) is 16.9. The van der Waals surface area contributed by atoms with Gasteiger partial charge >= 0.3 is 5.51 Å². The predicted molar refractivity (Wildman–Crippen MR) is 64.4 cm³/mol. The zero-order valence-corrected chi connectivity index (χ0v) is 10.8. The minimum absolute atomic E-state index is 0. The standard InChI is InChI=1S/C9H15F3N2OS.ClH/c10-9(11,12)16-5-4-14-8(15)6-7-2-1-3-13-7;/h7,13H,1-6H2,(H,14,15);1H. The van der Waals surface area contributed by atoms with Gasteiger partial charge in [0.15, 0.2) is 0 Å². The molecule has 3 nitrogen and oxygen atoms in total. The van der Waals surface area contributed by atoms with Gasteiger partial charge in [-0.3, -0.25) is 4.79 Å². The fourth-order valence-electron chi connectivity index (χ4n) is 1.58. The van der Waals surface area contributed by atoms with Crippen LogP contribution in [-0.4, -0.2) is 36.3 Å². The molecule has 0 spiro atoms. The fourth-order valence-corrected chi connectivity index (χ4v) is 2.02. The Morgan fingerprint density at radius 3 is 2.71 bits per heavy atom. The predicted octanol–water partition coefficient (Wildman–Crippen LogP) is 1.92. The monoisotopic (exact) mass is 292 g/mol. The van der Waals surface area contributed by atoms with E-state index in [0.717, 1.165) is 19.4 Å². The van der Waals surface area contributed by atoms with Crippen LogP contribution in [-0.2, 0) is 4.79 Å². The molecule has 1 aliphatic rings. The minimum Gasteiger partial charge on any atom is -0.355 e. The van der Waals surface area contributed by atoms with E-state index in [1.807, 2.05) is 0 Å². The summed E-state index contributed by atoms with van der Waals surface area (Å²) in [6.07, 6.45) is 2.38. The van der Waals surface area contributed by atoms with E-state index < -0.39 is 5.51 Å². The molecule has 1 rings (SSSR count). The number of thioether (sulfide) groups is 1. The van der Waals surface area contributed by atoms with Crippen LogP contribution in [0, 0.1) is 0 Å². The maximum Gasteiger partial charge on any atom is 0.441 e. The van der Waals surface area contributed by atoms with Gasteiger partial charge in [-0.25, -0.2) is 0 Å². The molecule has 1 unspecified atom stereocenters. The third kappa shape index (κ3) is 8.57. The molecular weight excluding hydrogens is 277 g/mol. The van der Waals surface area contributed by atoms with Crippen molar-refractivity contribution in [2.75, 3.05) is 18.8 Å². The molecule has 1 saturated heterocycles. The van der Waals surface area contributed by atoms with E-state index in [0.29, 0.717) is 6.42 Å². The van der Waals surface area contributed by atoms with E-state index in [2.05, 4.69) is 10.6 Å². The lowest BCUT2D eigenvalue weighted by Gasteiger charge is -2.10. The van der Waals surface area contributed by atoms with Gasteiger partial charge in [0.1, 0.15) is 0 Å². The molecule has 0 aromatic carbocycles. The molecule has 1 heterocycles. The highest BCUT2D eigenvalue weighted by atomic mass is 35.5. The summed E-state index contributed by atoms with van der Waals surface area (Å²) in [5, 5.41) is 5.64. The van der Waals surface area contributed by atoms with Crippen LogP contribution in [0.5, 0.6) is 0 Å². The van der Waals surface area contributed by atoms with E-state index in [1.54, 1.807) is 0 Å². The van der Waals surface area contributed by atoms with E-state index >= 15 is 0 Å². The van der Waals surface area contributed by atoms with E-state index in [9.17, 15) is 18.0 Å². The van der Waals surface area contributed by atoms with Crippen molar-refractivity contribution in [2.24, 2.45) is 0 Å². The highest BCUT2D eigenvalue weighted by Crippen LogP contribution is 2.29. The third-order valence-electron chi connectivity index (χ3n) is 2.28. The minimum atomic E-state index is -4.21. The molecule has 0 aromatic rings. The van der Waals surface area contributed by atoms with Crippen molar-refractivity contribution in [1.29, 1.82) is 0 Å². The Morgan fingerprint density at radius 1 is 1.47 bits per heavy atom. The van der Waals surface area contributed by atoms with Crippen molar-refractivity contribution < 1.29 is 18.0 Å². The number of amides is 1. The van der Waals surface area contributed by atoms with Crippen LogP contribution < -0.4 is 10.6 Å². The van der Waals surface area contributed by atoms with Crippen LogP contribution in [0.3, 0.4) is 0 Å². The second kappa shape index (κ2) is 8.05. The van der Waals surface area contributed by atoms with Gasteiger partial charge in [-0.2, -0.15) is 13.2 Å². The van der Waals surface area contributed by atoms with Gasteiger partial charge in [-0.15, -0.1) is 12.4 Å². The Balaban J connectivity index is 0.00000256. The number of hydrogen-bond donors (Lipinski definition) is 2. The van der Waals surface area contributed by atoms with Crippen molar-refractivity contribution in [3.63, 3.8) is 0 Å². The van der Waals surface area contributed by atoms with Gasteiger partial charge in [-0.05, 0) is 31.1 Å². The highest BCUT2D eigenvalue weighted by molar-refractivity contribution is 8.00. The first-order valence-electron chi connectivity index (χ1n) is 5.18. The first-order chi connectivity index (χ1) is 7.47. The average molecular weight is 293 g/mol. The summed E-state index contributed by atoms with van der Waals surface area (Å²) in [7, 11) is 0. The summed E-state index contributed by atoms with van der Waals surface area (Å²) >= 11 is -0.112. The lowest BCUT2D eigenvalue weighted by molar-refractivity contribution is -0.121. The largest absolute Gasteiger partial charge is 0.441 e. The van der Waals surface area contributed by atoms with Crippen molar-refractivity contribution in [3.05, 3.63) is 0 Å². The summed E-state index contributed by atoms with van der Waals surface area (Å²) in [6.45, 7) is 0.984. The summed E-state index contributed by atoms with van der Waals surface area (Å²) in [4.78, 5) is 11.3. The SMILES string of the molecule is Cl.O=C(CC1CCCN1)NCCSC(F)(F)F. The zero-order valence-electron chi connectivity index (χ0n) is 9.18. The van der Waals surface area contributed by atoms with E-state index in [1.165, 1.54) is 0 Å². The molecule has 8 heteroatoms. The summed E-state index contributed by atoms with van der Waals surface area (Å²) in [5.41, 5.74) is -4.21. The van der Waals surface area contributed by atoms with E-state index in [4.69, 9.17) is 0 Å². The van der Waals surface area contributed by atoms with Gasteiger partial charge < -0.3 is 10.6 Å². The fraction of sp³-hybridized carbons (Fsp3) is 0.889. The quantitative estimate of drug-likeness (QED) is 0.761. The number of hydrogen-bond acceptors (Lipinski definition) is 3. The molecule has 2 N–H and O–H groups in total. The van der Waals surface area contributed by atoms with Crippen molar-refractivity contribution >= 4 is 30.1 Å². The molecule has 17 heavy (non-hydrogen) atoms. The second-order valence-corrected chi connectivity index (χ2v) is 4.80. The molecular formula is C9H16ClF3N2OS. The Kier molecular flexibility index (Phi) is 7.98. The van der Waals surface area contributed by atoms with Crippen LogP contribution in [0.15, 0.2) is 0 Å². The van der Waals surface area contributed by atoms with Crippen LogP contribution in [0.2, 0.25) is 0 Å². The van der Waals surface area contributed by atoms with Gasteiger partial charge in [-0.1, -0.05) is 0 Å². The number of carbonyl (C=O) groups is 1.